The molecule has 3 N–H and O–H groups in total. The van der Waals surface area contributed by atoms with E-state index in [-0.39, 0.29) is 12.3 Å². The first kappa shape index (κ1) is 20.0. The molecule has 1 rings (SSSR count). The van der Waals surface area contributed by atoms with Crippen LogP contribution in [-0.4, -0.2) is 54.0 Å². The van der Waals surface area contributed by atoms with E-state index in [1.54, 1.807) is 27.1 Å². The highest BCUT2D eigenvalue weighted by atomic mass is 32.2. The Morgan fingerprint density at radius 1 is 1.21 bits per heavy atom. The van der Waals surface area contributed by atoms with Crippen molar-refractivity contribution in [2.75, 3.05) is 44.9 Å². The summed E-state index contributed by atoms with van der Waals surface area (Å²) in [6, 6.07) is 5.46. The van der Waals surface area contributed by atoms with Gasteiger partial charge in [0.2, 0.25) is 10.0 Å². The van der Waals surface area contributed by atoms with Crippen molar-refractivity contribution >= 4 is 21.7 Å². The van der Waals surface area contributed by atoms with Gasteiger partial charge in [0.1, 0.15) is 0 Å². The Bertz CT molecular complexity index is 647. The zero-order valence-electron chi connectivity index (χ0n) is 14.5. The van der Waals surface area contributed by atoms with Crippen molar-refractivity contribution in [1.29, 1.82) is 0 Å². The van der Waals surface area contributed by atoms with E-state index in [1.165, 1.54) is 0 Å². The quantitative estimate of drug-likeness (QED) is 0.346. The number of guanidine groups is 1. The Balaban J connectivity index is 2.61. The summed E-state index contributed by atoms with van der Waals surface area (Å²) in [7, 11) is 0.0401. The van der Waals surface area contributed by atoms with Crippen molar-refractivity contribution in [1.82, 2.24) is 10.0 Å². The fraction of sp³-hybridized carbons (Fsp3) is 0.533. The lowest BCUT2D eigenvalue weighted by Gasteiger charge is -2.14. The molecule has 0 aliphatic rings. The summed E-state index contributed by atoms with van der Waals surface area (Å²) in [5.41, 5.74) is 0.779. The molecule has 1 aromatic carbocycles. The first-order chi connectivity index (χ1) is 11.5. The number of methoxy groups -OCH3 is 1. The average Bonchev–Trinajstić information content (AvgIpc) is 2.58. The van der Waals surface area contributed by atoms with Crippen LogP contribution in [0.2, 0.25) is 0 Å². The summed E-state index contributed by atoms with van der Waals surface area (Å²) >= 11 is 0. The van der Waals surface area contributed by atoms with Crippen LogP contribution in [0.25, 0.3) is 0 Å². The number of sulfonamides is 1. The third kappa shape index (κ3) is 6.63. The van der Waals surface area contributed by atoms with Gasteiger partial charge < -0.3 is 20.1 Å². The minimum Gasteiger partial charge on any atom is -0.493 e. The van der Waals surface area contributed by atoms with Crippen LogP contribution in [0.1, 0.15) is 13.8 Å². The Hall–Kier alpha value is -2.00. The van der Waals surface area contributed by atoms with E-state index in [9.17, 15) is 8.42 Å². The molecule has 0 spiro atoms. The van der Waals surface area contributed by atoms with Crippen molar-refractivity contribution in [2.45, 2.75) is 13.8 Å². The molecule has 136 valence electrons. The van der Waals surface area contributed by atoms with Crippen LogP contribution >= 0.6 is 0 Å². The second-order valence-corrected chi connectivity index (χ2v) is 6.82. The number of hydrogen-bond donors (Lipinski definition) is 3. The molecule has 0 radical (unpaired) electrons. The van der Waals surface area contributed by atoms with E-state index < -0.39 is 10.0 Å². The van der Waals surface area contributed by atoms with E-state index in [0.29, 0.717) is 30.6 Å². The number of nitrogens with one attached hydrogen (secondary N) is 3. The molecule has 1 aromatic rings. The molecule has 0 fully saturated rings. The van der Waals surface area contributed by atoms with E-state index in [4.69, 9.17) is 9.47 Å². The van der Waals surface area contributed by atoms with Crippen LogP contribution in [-0.2, 0) is 10.0 Å². The summed E-state index contributed by atoms with van der Waals surface area (Å²) in [5.74, 6) is 1.88. The van der Waals surface area contributed by atoms with Gasteiger partial charge in [-0.15, -0.1) is 0 Å². The van der Waals surface area contributed by atoms with Gasteiger partial charge in [0, 0.05) is 31.9 Å². The maximum absolute atomic E-state index is 11.4. The molecule has 0 aliphatic heterocycles. The fourth-order valence-corrected chi connectivity index (χ4v) is 2.45. The van der Waals surface area contributed by atoms with Gasteiger partial charge in [0.25, 0.3) is 0 Å². The van der Waals surface area contributed by atoms with Crippen LogP contribution in [0.3, 0.4) is 0 Å². The molecule has 0 saturated carbocycles. The summed E-state index contributed by atoms with van der Waals surface area (Å²) in [6.45, 7) is 4.72. The summed E-state index contributed by atoms with van der Waals surface area (Å²) < 4.78 is 36.0. The van der Waals surface area contributed by atoms with Crippen molar-refractivity contribution in [3.8, 4) is 11.5 Å². The van der Waals surface area contributed by atoms with Gasteiger partial charge in [-0.1, -0.05) is 0 Å². The molecule has 8 nitrogen and oxygen atoms in total. The van der Waals surface area contributed by atoms with Gasteiger partial charge in [-0.05, 0) is 26.0 Å². The van der Waals surface area contributed by atoms with Crippen molar-refractivity contribution in [2.24, 2.45) is 4.99 Å². The predicted molar refractivity (Wildman–Crippen MR) is 96.6 cm³/mol. The molecule has 24 heavy (non-hydrogen) atoms. The number of aliphatic imine (C=N–C) groups is 1. The van der Waals surface area contributed by atoms with Crippen LogP contribution in [0.5, 0.6) is 11.5 Å². The van der Waals surface area contributed by atoms with Crippen LogP contribution in [0.15, 0.2) is 23.2 Å². The first-order valence-electron chi connectivity index (χ1n) is 7.71. The molecule has 0 aliphatic carbocycles. The van der Waals surface area contributed by atoms with Gasteiger partial charge in [0.05, 0.1) is 19.5 Å². The molecule has 0 unspecified atom stereocenters. The minimum absolute atomic E-state index is 0.0615. The van der Waals surface area contributed by atoms with Gasteiger partial charge in [-0.25, -0.2) is 13.1 Å². The fourth-order valence-electron chi connectivity index (χ4n) is 1.83. The van der Waals surface area contributed by atoms with Crippen LogP contribution in [0, 0.1) is 0 Å². The highest BCUT2D eigenvalue weighted by Gasteiger charge is 2.08. The Kier molecular flexibility index (Phi) is 8.34. The van der Waals surface area contributed by atoms with Crippen molar-refractivity contribution in [3.63, 3.8) is 0 Å². The summed E-state index contributed by atoms with van der Waals surface area (Å²) in [5, 5.41) is 6.15. The number of anilines is 1. The number of ether oxygens (including phenoxy) is 2. The van der Waals surface area contributed by atoms with Crippen molar-refractivity contribution in [3.05, 3.63) is 18.2 Å². The van der Waals surface area contributed by atoms with Gasteiger partial charge in [0.15, 0.2) is 17.5 Å². The predicted octanol–water partition coefficient (Wildman–Crippen LogP) is 1.02. The topological polar surface area (TPSA) is 101 Å². The van der Waals surface area contributed by atoms with E-state index in [0.717, 1.165) is 5.69 Å². The van der Waals surface area contributed by atoms with Crippen LogP contribution in [0.4, 0.5) is 5.69 Å². The van der Waals surface area contributed by atoms with Gasteiger partial charge in [-0.3, -0.25) is 4.99 Å². The monoisotopic (exact) mass is 358 g/mol. The zero-order chi connectivity index (χ0) is 18.0. The maximum Gasteiger partial charge on any atom is 0.211 e. The third-order valence-corrected chi connectivity index (χ3v) is 4.47. The largest absolute Gasteiger partial charge is 0.493 e. The molecule has 9 heteroatoms. The molecule has 0 saturated heterocycles. The molecule has 0 aromatic heterocycles. The second kappa shape index (κ2) is 9.99. The van der Waals surface area contributed by atoms with Gasteiger partial charge >= 0.3 is 0 Å². The maximum atomic E-state index is 11.4. The Morgan fingerprint density at radius 2 is 1.96 bits per heavy atom. The Labute approximate surface area is 143 Å². The third-order valence-electron chi connectivity index (χ3n) is 3.07. The zero-order valence-corrected chi connectivity index (χ0v) is 15.4. The van der Waals surface area contributed by atoms with Crippen molar-refractivity contribution < 1.29 is 17.9 Å². The molecule has 0 bridgehead atoms. The first-order valence-corrected chi connectivity index (χ1v) is 9.36. The molecule has 0 heterocycles. The standard InChI is InChI=1S/C15H26N4O4S/c1-5-23-14-11-12(7-8-13(14)22-4)19-15(16-3)17-9-10-18-24(20,21)6-2/h7-8,11,18H,5-6,9-10H2,1-4H3,(H2,16,17,19). The number of benzene rings is 1. The number of hydrogen-bond acceptors (Lipinski definition) is 5. The minimum atomic E-state index is -3.18. The highest BCUT2D eigenvalue weighted by molar-refractivity contribution is 7.89. The molecule has 0 amide bonds. The lowest BCUT2D eigenvalue weighted by Crippen LogP contribution is -2.38. The van der Waals surface area contributed by atoms with E-state index in [2.05, 4.69) is 20.3 Å². The average molecular weight is 358 g/mol. The smallest absolute Gasteiger partial charge is 0.211 e. The Morgan fingerprint density at radius 3 is 2.54 bits per heavy atom. The van der Waals surface area contributed by atoms with Crippen LogP contribution < -0.4 is 24.8 Å². The normalized spacial score (nSPS) is 11.9. The lowest BCUT2D eigenvalue weighted by molar-refractivity contribution is 0.311. The molecular weight excluding hydrogens is 332 g/mol. The molecular formula is C15H26N4O4S. The van der Waals surface area contributed by atoms with E-state index in [1.807, 2.05) is 19.1 Å². The second-order valence-electron chi connectivity index (χ2n) is 4.72. The lowest BCUT2D eigenvalue weighted by atomic mass is 10.2. The highest BCUT2D eigenvalue weighted by Crippen LogP contribution is 2.30. The summed E-state index contributed by atoms with van der Waals surface area (Å²) in [4.78, 5) is 4.10. The summed E-state index contributed by atoms with van der Waals surface area (Å²) in [6.07, 6.45) is 0. The number of rotatable bonds is 9. The molecule has 0 atom stereocenters. The SMILES string of the molecule is CCOc1cc(NC(=NC)NCCNS(=O)(=O)CC)ccc1OC. The van der Waals surface area contributed by atoms with E-state index >= 15 is 0 Å². The number of nitrogens with zero attached hydrogens (tertiary/aromatic N) is 1. The van der Waals surface area contributed by atoms with Gasteiger partial charge in [-0.2, -0.15) is 0 Å².